The van der Waals surface area contributed by atoms with Gasteiger partial charge in [-0.15, -0.1) is 12.8 Å². The van der Waals surface area contributed by atoms with E-state index in [0.29, 0.717) is 19.3 Å². The van der Waals surface area contributed by atoms with E-state index in [1.807, 2.05) is 26.2 Å². The van der Waals surface area contributed by atoms with Crippen molar-refractivity contribution in [2.45, 2.75) is 98.7 Å². The number of aryl methyl sites for hydroxylation is 2. The second kappa shape index (κ2) is 18.0. The normalized spacial score (nSPS) is 16.2. The monoisotopic (exact) mass is 597 g/mol. The molecule has 0 bridgehead atoms. The summed E-state index contributed by atoms with van der Waals surface area (Å²) in [5, 5.41) is 0. The van der Waals surface area contributed by atoms with Crippen LogP contribution in [0.1, 0.15) is 83.5 Å². The van der Waals surface area contributed by atoms with Crippen molar-refractivity contribution in [3.05, 3.63) is 63.8 Å². The highest BCUT2D eigenvalue weighted by molar-refractivity contribution is 9.10. The van der Waals surface area contributed by atoms with Crippen molar-refractivity contribution in [3.8, 4) is 24.2 Å². The van der Waals surface area contributed by atoms with Gasteiger partial charge in [0.1, 0.15) is 10.4 Å². The number of halogens is 1. The second-order valence-electron chi connectivity index (χ2n) is 9.78. The number of likely N-dealkylation sites (tertiary alicyclic amines) is 1. The molecule has 0 saturated carbocycles. The number of nitrogens with zero attached hydrogens (tertiary/aromatic N) is 3. The minimum atomic E-state index is 0.527. The van der Waals surface area contributed by atoms with Gasteiger partial charge in [-0.25, -0.2) is 4.98 Å². The SMILES string of the molecule is C#C.C/C=C(\C)OCCCO/C=C/CC1CCCCN1Cc1c(Br)nc(-c2c(CC)cccc2CC)n1CC. The first kappa shape index (κ1) is 32.7. The van der Waals surface area contributed by atoms with Crippen LogP contribution >= 0.6 is 15.9 Å². The van der Waals surface area contributed by atoms with Gasteiger partial charge in [-0.05, 0) is 92.6 Å². The Morgan fingerprint density at radius 2 is 1.85 bits per heavy atom. The molecule has 0 N–H and O–H groups in total. The molecule has 1 aromatic heterocycles. The molecule has 1 saturated heterocycles. The first-order chi connectivity index (χ1) is 19.0. The molecule has 1 fully saturated rings. The first-order valence-corrected chi connectivity index (χ1v) is 15.3. The molecule has 1 aliphatic rings. The fraction of sp³-hybridized carbons (Fsp3) is 0.545. The lowest BCUT2D eigenvalue weighted by molar-refractivity contribution is 0.136. The topological polar surface area (TPSA) is 39.5 Å². The summed E-state index contributed by atoms with van der Waals surface area (Å²) >= 11 is 3.85. The van der Waals surface area contributed by atoms with E-state index in [2.05, 4.69) is 83.3 Å². The van der Waals surface area contributed by atoms with Crippen LogP contribution in [-0.4, -0.2) is 40.3 Å². The van der Waals surface area contributed by atoms with Gasteiger partial charge in [-0.1, -0.05) is 44.5 Å². The van der Waals surface area contributed by atoms with Gasteiger partial charge in [0.2, 0.25) is 0 Å². The van der Waals surface area contributed by atoms with Gasteiger partial charge in [0.15, 0.2) is 0 Å². The fourth-order valence-electron chi connectivity index (χ4n) is 5.20. The van der Waals surface area contributed by atoms with Crippen LogP contribution in [0.3, 0.4) is 0 Å². The largest absolute Gasteiger partial charge is 0.501 e. The second-order valence-corrected chi connectivity index (χ2v) is 10.5. The molecule has 2 aromatic rings. The highest BCUT2D eigenvalue weighted by Gasteiger charge is 2.26. The molecular formula is C33H48BrN3O2. The smallest absolute Gasteiger partial charge is 0.142 e. The Labute approximate surface area is 245 Å². The van der Waals surface area contributed by atoms with Gasteiger partial charge in [0.05, 0.1) is 30.9 Å². The molecule has 39 heavy (non-hydrogen) atoms. The number of terminal acetylenes is 1. The number of imidazole rings is 1. The molecule has 0 spiro atoms. The number of hydrogen-bond acceptors (Lipinski definition) is 4. The molecule has 0 aliphatic carbocycles. The summed E-state index contributed by atoms with van der Waals surface area (Å²) in [6, 6.07) is 7.22. The van der Waals surface area contributed by atoms with Crippen molar-refractivity contribution in [2.75, 3.05) is 19.8 Å². The van der Waals surface area contributed by atoms with Crippen LogP contribution in [0, 0.1) is 12.8 Å². The van der Waals surface area contributed by atoms with Crippen molar-refractivity contribution in [1.29, 1.82) is 0 Å². The third-order valence-corrected chi connectivity index (χ3v) is 8.04. The lowest BCUT2D eigenvalue weighted by Gasteiger charge is -2.35. The van der Waals surface area contributed by atoms with Gasteiger partial charge >= 0.3 is 0 Å². The van der Waals surface area contributed by atoms with E-state index in [0.717, 1.165) is 61.5 Å². The van der Waals surface area contributed by atoms with Crippen molar-refractivity contribution in [2.24, 2.45) is 0 Å². The number of hydrogen-bond donors (Lipinski definition) is 0. The van der Waals surface area contributed by atoms with Crippen molar-refractivity contribution in [3.63, 3.8) is 0 Å². The van der Waals surface area contributed by atoms with Crippen molar-refractivity contribution in [1.82, 2.24) is 14.5 Å². The summed E-state index contributed by atoms with van der Waals surface area (Å²) < 4.78 is 14.7. The molecule has 214 valence electrons. The molecule has 1 aliphatic heterocycles. The van der Waals surface area contributed by atoms with Crippen molar-refractivity contribution < 1.29 is 9.47 Å². The molecule has 3 rings (SSSR count). The van der Waals surface area contributed by atoms with Crippen LogP contribution < -0.4 is 0 Å². The third-order valence-electron chi connectivity index (χ3n) is 7.41. The average Bonchev–Trinajstić information content (AvgIpc) is 3.29. The average molecular weight is 599 g/mol. The summed E-state index contributed by atoms with van der Waals surface area (Å²) in [7, 11) is 0. The predicted molar refractivity (Wildman–Crippen MR) is 167 cm³/mol. The van der Waals surface area contributed by atoms with E-state index in [-0.39, 0.29) is 0 Å². The van der Waals surface area contributed by atoms with Gasteiger partial charge in [-0.3, -0.25) is 4.90 Å². The van der Waals surface area contributed by atoms with Crippen LogP contribution in [0.4, 0.5) is 0 Å². The molecule has 0 amide bonds. The molecule has 2 heterocycles. The fourth-order valence-corrected chi connectivity index (χ4v) is 5.71. The number of aromatic nitrogens is 2. The summed E-state index contributed by atoms with van der Waals surface area (Å²) in [5.74, 6) is 2.07. The number of allylic oxidation sites excluding steroid dienone is 2. The Bertz CT molecular complexity index is 1060. The number of benzene rings is 1. The summed E-state index contributed by atoms with van der Waals surface area (Å²) in [5.41, 5.74) is 5.36. The zero-order chi connectivity index (χ0) is 28.6. The Balaban J connectivity index is 0.00000260. The Morgan fingerprint density at radius 3 is 2.49 bits per heavy atom. The lowest BCUT2D eigenvalue weighted by Crippen LogP contribution is -2.39. The summed E-state index contributed by atoms with van der Waals surface area (Å²) in [4.78, 5) is 7.74. The molecule has 1 atom stereocenters. The lowest BCUT2D eigenvalue weighted by atomic mass is 9.97. The molecule has 5 nitrogen and oxygen atoms in total. The zero-order valence-electron chi connectivity index (χ0n) is 24.7. The first-order valence-electron chi connectivity index (χ1n) is 14.5. The van der Waals surface area contributed by atoms with Crippen molar-refractivity contribution >= 4 is 15.9 Å². The Kier molecular flexibility index (Phi) is 15.1. The minimum absolute atomic E-state index is 0.527. The van der Waals surface area contributed by atoms with E-state index in [1.54, 1.807) is 0 Å². The van der Waals surface area contributed by atoms with Gasteiger partial charge in [0.25, 0.3) is 0 Å². The van der Waals surface area contributed by atoms with Crippen LogP contribution in [0.25, 0.3) is 11.4 Å². The Morgan fingerprint density at radius 1 is 1.13 bits per heavy atom. The maximum atomic E-state index is 5.73. The van der Waals surface area contributed by atoms with Crippen LogP contribution in [0.5, 0.6) is 0 Å². The zero-order valence-corrected chi connectivity index (χ0v) is 26.3. The standard InChI is InChI=1S/C31H46BrN3O2.C2H2/c1-6-24(5)37-22-14-21-36-20-13-18-27-17-10-11-19-34(27)23-28-30(32)33-31(35(28)9-4)29-25(7-2)15-12-16-26(29)8-3;1-2/h6,12-13,15-16,20,27H,7-11,14,17-19,21-23H2,1-5H3;1-2H/b20-13+,24-6+;. The van der Waals surface area contributed by atoms with E-state index >= 15 is 0 Å². The maximum Gasteiger partial charge on any atom is 0.142 e. The van der Waals surface area contributed by atoms with Gasteiger partial charge in [0, 0.05) is 31.1 Å². The van der Waals surface area contributed by atoms with Crippen LogP contribution in [0.15, 0.2) is 47.0 Å². The minimum Gasteiger partial charge on any atom is -0.501 e. The summed E-state index contributed by atoms with van der Waals surface area (Å²) in [6.07, 6.45) is 21.8. The maximum absolute atomic E-state index is 5.73. The van der Waals surface area contributed by atoms with Gasteiger partial charge < -0.3 is 14.0 Å². The predicted octanol–water partition coefficient (Wildman–Crippen LogP) is 8.31. The number of piperidine rings is 1. The number of ether oxygens (including phenoxy) is 2. The highest BCUT2D eigenvalue weighted by atomic mass is 79.9. The van der Waals surface area contributed by atoms with E-state index in [4.69, 9.17) is 14.5 Å². The quantitative estimate of drug-likeness (QED) is 0.125. The number of rotatable bonds is 14. The van der Waals surface area contributed by atoms with E-state index in [9.17, 15) is 0 Å². The van der Waals surface area contributed by atoms with Crippen LogP contribution in [0.2, 0.25) is 0 Å². The molecular weight excluding hydrogens is 550 g/mol. The third kappa shape index (κ3) is 9.29. The highest BCUT2D eigenvalue weighted by Crippen LogP contribution is 2.33. The Hall–Kier alpha value is -2.49. The molecule has 6 heteroatoms. The summed E-state index contributed by atoms with van der Waals surface area (Å²) in [6.45, 7) is 15.0. The molecule has 1 aromatic carbocycles. The van der Waals surface area contributed by atoms with E-state index < -0.39 is 0 Å². The molecule has 0 radical (unpaired) electrons. The van der Waals surface area contributed by atoms with E-state index in [1.165, 1.54) is 41.6 Å². The van der Waals surface area contributed by atoms with Crippen LogP contribution in [-0.2, 0) is 35.4 Å². The van der Waals surface area contributed by atoms with Gasteiger partial charge in [-0.2, -0.15) is 0 Å². The molecule has 1 unspecified atom stereocenters.